The van der Waals surface area contributed by atoms with Gasteiger partial charge in [0.2, 0.25) is 10.0 Å². The van der Waals surface area contributed by atoms with E-state index in [2.05, 4.69) is 14.8 Å². The number of hydrogen-bond acceptors (Lipinski definition) is 4. The summed E-state index contributed by atoms with van der Waals surface area (Å²) in [7, 11) is -1.63. The molecular formula is C6H14N2O3S. The van der Waals surface area contributed by atoms with E-state index in [1.54, 1.807) is 0 Å². The average Bonchev–Trinajstić information content (AvgIpc) is 1.94. The minimum atomic E-state index is -3.12. The topological polar surface area (TPSA) is 67.4 Å². The summed E-state index contributed by atoms with van der Waals surface area (Å²) in [5.74, 6) is 0.0417. The first-order chi connectivity index (χ1) is 5.64. The molecule has 1 rings (SSSR count). The highest BCUT2D eigenvalue weighted by Gasteiger charge is 2.22. The molecule has 12 heavy (non-hydrogen) atoms. The molecule has 2 N–H and O–H groups in total. The molecule has 0 amide bonds. The van der Waals surface area contributed by atoms with Gasteiger partial charge in [0.05, 0.1) is 12.4 Å². The molecule has 0 aromatic carbocycles. The molecule has 0 unspecified atom stereocenters. The molecule has 1 fully saturated rings. The summed E-state index contributed by atoms with van der Waals surface area (Å²) in [6, 6.07) is 0.0758. The normalized spacial score (nSPS) is 19.1. The van der Waals surface area contributed by atoms with Gasteiger partial charge in [0.1, 0.15) is 0 Å². The molecule has 0 aromatic heterocycles. The second-order valence-electron chi connectivity index (χ2n) is 2.78. The van der Waals surface area contributed by atoms with Gasteiger partial charge in [0, 0.05) is 26.2 Å². The first-order valence-corrected chi connectivity index (χ1v) is 5.49. The van der Waals surface area contributed by atoms with E-state index < -0.39 is 10.0 Å². The van der Waals surface area contributed by atoms with Crippen LogP contribution in [0.3, 0.4) is 0 Å². The van der Waals surface area contributed by atoms with Crippen LogP contribution in [0.5, 0.6) is 0 Å². The molecule has 0 aliphatic carbocycles. The molecule has 6 heteroatoms. The third-order valence-corrected chi connectivity index (χ3v) is 3.08. The van der Waals surface area contributed by atoms with Crippen molar-refractivity contribution >= 4 is 10.0 Å². The Hall–Kier alpha value is -0.170. The van der Waals surface area contributed by atoms with Gasteiger partial charge in [-0.2, -0.15) is 0 Å². The Bertz CT molecular complexity index is 223. The SMILES string of the molecule is COCCS(=O)(=O)NC1CNC1. The lowest BCUT2D eigenvalue weighted by atomic mass is 10.2. The summed E-state index contributed by atoms with van der Waals surface area (Å²) in [4.78, 5) is 0. The Labute approximate surface area is 72.5 Å². The van der Waals surface area contributed by atoms with Crippen LogP contribution in [-0.2, 0) is 14.8 Å². The second-order valence-corrected chi connectivity index (χ2v) is 4.66. The number of rotatable bonds is 5. The van der Waals surface area contributed by atoms with Gasteiger partial charge in [0.25, 0.3) is 0 Å². The van der Waals surface area contributed by atoms with E-state index in [0.29, 0.717) is 0 Å². The van der Waals surface area contributed by atoms with Gasteiger partial charge in [-0.25, -0.2) is 13.1 Å². The lowest BCUT2D eigenvalue weighted by molar-refractivity contribution is 0.216. The van der Waals surface area contributed by atoms with Crippen molar-refractivity contribution in [3.63, 3.8) is 0 Å². The van der Waals surface area contributed by atoms with Crippen LogP contribution in [0.4, 0.5) is 0 Å². The zero-order chi connectivity index (χ0) is 9.03. The zero-order valence-electron chi connectivity index (χ0n) is 7.04. The maximum atomic E-state index is 11.2. The predicted molar refractivity (Wildman–Crippen MR) is 45.5 cm³/mol. The monoisotopic (exact) mass is 194 g/mol. The quantitative estimate of drug-likeness (QED) is 0.560. The minimum Gasteiger partial charge on any atom is -0.384 e. The fourth-order valence-electron chi connectivity index (χ4n) is 0.878. The van der Waals surface area contributed by atoms with Crippen molar-refractivity contribution in [2.24, 2.45) is 0 Å². The van der Waals surface area contributed by atoms with E-state index in [4.69, 9.17) is 0 Å². The Morgan fingerprint density at radius 2 is 2.25 bits per heavy atom. The van der Waals surface area contributed by atoms with E-state index in [-0.39, 0.29) is 18.4 Å². The van der Waals surface area contributed by atoms with Gasteiger partial charge in [-0.15, -0.1) is 0 Å². The number of ether oxygens (including phenoxy) is 1. The molecule has 1 aliphatic rings. The van der Waals surface area contributed by atoms with Crippen LogP contribution >= 0.6 is 0 Å². The van der Waals surface area contributed by atoms with Crippen molar-refractivity contribution in [2.75, 3.05) is 32.6 Å². The van der Waals surface area contributed by atoms with Crippen molar-refractivity contribution in [1.29, 1.82) is 0 Å². The lowest BCUT2D eigenvalue weighted by Gasteiger charge is -2.27. The van der Waals surface area contributed by atoms with Crippen molar-refractivity contribution < 1.29 is 13.2 Å². The van der Waals surface area contributed by atoms with Crippen LogP contribution in [0.2, 0.25) is 0 Å². The summed E-state index contributed by atoms with van der Waals surface area (Å²) < 4.78 is 29.6. The molecular weight excluding hydrogens is 180 g/mol. The summed E-state index contributed by atoms with van der Waals surface area (Å²) in [6.07, 6.45) is 0. The molecule has 0 atom stereocenters. The van der Waals surface area contributed by atoms with Crippen molar-refractivity contribution in [3.8, 4) is 0 Å². The molecule has 0 bridgehead atoms. The fourth-order valence-corrected chi connectivity index (χ4v) is 2.06. The maximum absolute atomic E-state index is 11.2. The van der Waals surface area contributed by atoms with Gasteiger partial charge in [0.15, 0.2) is 0 Å². The van der Waals surface area contributed by atoms with Crippen LogP contribution in [0, 0.1) is 0 Å². The van der Waals surface area contributed by atoms with Gasteiger partial charge in [-0.05, 0) is 0 Å². The number of nitrogens with one attached hydrogen (secondary N) is 2. The smallest absolute Gasteiger partial charge is 0.214 e. The van der Waals surface area contributed by atoms with E-state index in [0.717, 1.165) is 13.1 Å². The Morgan fingerprint density at radius 1 is 1.58 bits per heavy atom. The second kappa shape index (κ2) is 4.18. The summed E-state index contributed by atoms with van der Waals surface area (Å²) in [6.45, 7) is 1.70. The standard InChI is InChI=1S/C6H14N2O3S/c1-11-2-3-12(9,10)8-6-4-7-5-6/h6-8H,2-5H2,1H3. The molecule has 1 saturated heterocycles. The molecule has 1 heterocycles. The molecule has 1 aliphatic heterocycles. The van der Waals surface area contributed by atoms with Crippen molar-refractivity contribution in [1.82, 2.24) is 10.0 Å². The summed E-state index contributed by atoms with van der Waals surface area (Å²) in [5, 5.41) is 2.98. The van der Waals surface area contributed by atoms with E-state index in [9.17, 15) is 8.42 Å². The third-order valence-electron chi connectivity index (χ3n) is 1.68. The Balaban J connectivity index is 2.27. The largest absolute Gasteiger partial charge is 0.384 e. The van der Waals surface area contributed by atoms with Crippen LogP contribution in [0.15, 0.2) is 0 Å². The molecule has 72 valence electrons. The third kappa shape index (κ3) is 3.06. The van der Waals surface area contributed by atoms with Gasteiger partial charge in [-0.3, -0.25) is 0 Å². The average molecular weight is 194 g/mol. The Kier molecular flexibility index (Phi) is 3.45. The molecule has 0 aromatic rings. The lowest BCUT2D eigenvalue weighted by Crippen LogP contribution is -2.57. The minimum absolute atomic E-state index is 0.0417. The number of methoxy groups -OCH3 is 1. The van der Waals surface area contributed by atoms with E-state index >= 15 is 0 Å². The van der Waals surface area contributed by atoms with E-state index in [1.165, 1.54) is 7.11 Å². The van der Waals surface area contributed by atoms with Crippen LogP contribution in [-0.4, -0.2) is 47.0 Å². The summed E-state index contributed by atoms with van der Waals surface area (Å²) in [5.41, 5.74) is 0. The Morgan fingerprint density at radius 3 is 2.67 bits per heavy atom. The fraction of sp³-hybridized carbons (Fsp3) is 1.00. The first-order valence-electron chi connectivity index (χ1n) is 3.84. The zero-order valence-corrected chi connectivity index (χ0v) is 7.86. The van der Waals surface area contributed by atoms with Crippen LogP contribution < -0.4 is 10.0 Å². The predicted octanol–water partition coefficient (Wildman–Crippen LogP) is -1.48. The first kappa shape index (κ1) is 9.91. The van der Waals surface area contributed by atoms with Gasteiger partial charge in [-0.1, -0.05) is 0 Å². The van der Waals surface area contributed by atoms with Crippen LogP contribution in [0.25, 0.3) is 0 Å². The molecule has 0 radical (unpaired) electrons. The molecule has 0 saturated carbocycles. The van der Waals surface area contributed by atoms with Crippen molar-refractivity contribution in [2.45, 2.75) is 6.04 Å². The number of hydrogen-bond donors (Lipinski definition) is 2. The molecule has 5 nitrogen and oxygen atoms in total. The highest BCUT2D eigenvalue weighted by atomic mass is 32.2. The number of sulfonamides is 1. The molecule has 0 spiro atoms. The van der Waals surface area contributed by atoms with Gasteiger partial charge >= 0.3 is 0 Å². The van der Waals surface area contributed by atoms with Crippen LogP contribution in [0.1, 0.15) is 0 Å². The maximum Gasteiger partial charge on any atom is 0.214 e. The summed E-state index contributed by atoms with van der Waals surface area (Å²) >= 11 is 0. The highest BCUT2D eigenvalue weighted by Crippen LogP contribution is 1.94. The van der Waals surface area contributed by atoms with Gasteiger partial charge < -0.3 is 10.1 Å². The highest BCUT2D eigenvalue weighted by molar-refractivity contribution is 7.89. The van der Waals surface area contributed by atoms with Crippen molar-refractivity contribution in [3.05, 3.63) is 0 Å². The van der Waals surface area contributed by atoms with E-state index in [1.807, 2.05) is 0 Å².